The van der Waals surface area contributed by atoms with Crippen molar-refractivity contribution in [2.75, 3.05) is 24.6 Å². The molecule has 1 unspecified atom stereocenters. The van der Waals surface area contributed by atoms with Crippen molar-refractivity contribution in [3.8, 4) is 0 Å². The molecule has 2 aromatic rings. The lowest BCUT2D eigenvalue weighted by Gasteiger charge is -2.28. The minimum Gasteiger partial charge on any atom is -0.361 e. The first-order valence-electron chi connectivity index (χ1n) is 9.22. The van der Waals surface area contributed by atoms with E-state index >= 15 is 0 Å². The normalized spacial score (nSPS) is 24.8. The number of nitrogens with one attached hydrogen (secondary N) is 1. The van der Waals surface area contributed by atoms with Crippen molar-refractivity contribution < 1.29 is 0 Å². The van der Waals surface area contributed by atoms with E-state index in [2.05, 4.69) is 46.4 Å². The van der Waals surface area contributed by atoms with Crippen LogP contribution in [0.2, 0.25) is 0 Å². The van der Waals surface area contributed by atoms with Gasteiger partial charge in [0.05, 0.1) is 0 Å². The third-order valence-corrected chi connectivity index (χ3v) is 6.73. The molecule has 24 heavy (non-hydrogen) atoms. The van der Waals surface area contributed by atoms with Crippen LogP contribution in [0.15, 0.2) is 36.5 Å². The zero-order valence-corrected chi connectivity index (χ0v) is 14.9. The van der Waals surface area contributed by atoms with Crippen LogP contribution < -0.4 is 0 Å². The lowest BCUT2D eigenvalue weighted by Crippen LogP contribution is -2.32. The molecule has 0 aliphatic carbocycles. The van der Waals surface area contributed by atoms with Gasteiger partial charge in [-0.2, -0.15) is 11.8 Å². The Labute approximate surface area is 148 Å². The Kier molecular flexibility index (Phi) is 3.79. The molecule has 3 aliphatic rings. The summed E-state index contributed by atoms with van der Waals surface area (Å²) in [5.74, 6) is 2.42. The number of hydrogen-bond acceptors (Lipinski definition) is 2. The number of nitrogens with zero attached hydrogens (tertiary/aromatic N) is 1. The first-order valence-corrected chi connectivity index (χ1v) is 10.4. The molecule has 1 saturated heterocycles. The zero-order chi connectivity index (χ0) is 15.9. The summed E-state index contributed by atoms with van der Waals surface area (Å²) < 4.78 is 0. The molecular formula is C21H24N2S. The third kappa shape index (κ3) is 2.55. The van der Waals surface area contributed by atoms with E-state index in [1.807, 2.05) is 11.8 Å². The predicted molar refractivity (Wildman–Crippen MR) is 105 cm³/mol. The summed E-state index contributed by atoms with van der Waals surface area (Å²) in [6, 6.07) is 7.66. The molecule has 3 aliphatic heterocycles. The van der Waals surface area contributed by atoms with Gasteiger partial charge in [-0.15, -0.1) is 0 Å². The van der Waals surface area contributed by atoms with Crippen molar-refractivity contribution in [2.45, 2.75) is 31.7 Å². The van der Waals surface area contributed by atoms with E-state index in [1.54, 1.807) is 5.57 Å². The average molecular weight is 337 g/mol. The molecule has 124 valence electrons. The fourth-order valence-corrected chi connectivity index (χ4v) is 5.35. The van der Waals surface area contributed by atoms with E-state index in [9.17, 15) is 0 Å². The maximum Gasteiger partial charge on any atom is 0.0460 e. The SMILES string of the molecule is C1=C(c2ccc3[nH]cc(C4=CC5CCCN5CC4)c3c2)CCSC1. The average Bonchev–Trinajstić information content (AvgIpc) is 3.27. The molecule has 0 spiro atoms. The van der Waals surface area contributed by atoms with Gasteiger partial charge in [0.1, 0.15) is 0 Å². The highest BCUT2D eigenvalue weighted by Gasteiger charge is 2.27. The molecular weight excluding hydrogens is 312 g/mol. The minimum atomic E-state index is 0.681. The van der Waals surface area contributed by atoms with Crippen molar-refractivity contribution >= 4 is 33.8 Å². The van der Waals surface area contributed by atoms with Crippen molar-refractivity contribution in [1.29, 1.82) is 0 Å². The van der Waals surface area contributed by atoms with E-state index in [0.29, 0.717) is 6.04 Å². The lowest BCUT2D eigenvalue weighted by atomic mass is 9.94. The molecule has 0 bridgehead atoms. The Morgan fingerprint density at radius 2 is 2.12 bits per heavy atom. The van der Waals surface area contributed by atoms with Gasteiger partial charge < -0.3 is 4.98 Å². The minimum absolute atomic E-state index is 0.681. The highest BCUT2D eigenvalue weighted by atomic mass is 32.2. The highest BCUT2D eigenvalue weighted by Crippen LogP contribution is 2.35. The van der Waals surface area contributed by atoms with E-state index in [-0.39, 0.29) is 0 Å². The summed E-state index contributed by atoms with van der Waals surface area (Å²) in [5.41, 5.74) is 7.21. The molecule has 3 heteroatoms. The molecule has 2 nitrogen and oxygen atoms in total. The summed E-state index contributed by atoms with van der Waals surface area (Å²) in [4.78, 5) is 6.14. The third-order valence-electron chi connectivity index (χ3n) is 5.84. The standard InChI is InChI=1S/C21H24N2S/c1-2-18-12-17(5-9-23(18)8-1)20-14-22-21-4-3-16(13-19(20)21)15-6-10-24-11-7-15/h3-4,6,12-14,18,22H,1-2,5,7-11H2. The number of allylic oxidation sites excluding steroid dienone is 1. The largest absolute Gasteiger partial charge is 0.361 e. The van der Waals surface area contributed by atoms with Crippen LogP contribution in [0.3, 0.4) is 0 Å². The molecule has 0 saturated carbocycles. The lowest BCUT2D eigenvalue weighted by molar-refractivity contribution is 0.288. The molecule has 1 atom stereocenters. The molecule has 1 aromatic carbocycles. The first-order chi connectivity index (χ1) is 11.9. The fraction of sp³-hybridized carbons (Fsp3) is 0.429. The molecule has 4 heterocycles. The smallest absolute Gasteiger partial charge is 0.0460 e. The Balaban J connectivity index is 1.55. The Morgan fingerprint density at radius 3 is 3.04 bits per heavy atom. The monoisotopic (exact) mass is 336 g/mol. The predicted octanol–water partition coefficient (Wildman–Crippen LogP) is 4.94. The number of H-pyrrole nitrogens is 1. The second-order valence-corrected chi connectivity index (χ2v) is 8.35. The fourth-order valence-electron chi connectivity index (χ4n) is 4.50. The number of rotatable bonds is 2. The number of benzene rings is 1. The van der Waals surface area contributed by atoms with Crippen LogP contribution in [0.4, 0.5) is 0 Å². The van der Waals surface area contributed by atoms with Crippen molar-refractivity contribution in [1.82, 2.24) is 9.88 Å². The van der Waals surface area contributed by atoms with E-state index in [0.717, 1.165) is 5.75 Å². The molecule has 0 amide bonds. The Morgan fingerprint density at radius 1 is 1.12 bits per heavy atom. The maximum atomic E-state index is 3.50. The molecule has 1 fully saturated rings. The van der Waals surface area contributed by atoms with E-state index < -0.39 is 0 Å². The van der Waals surface area contributed by atoms with Gasteiger partial charge in [-0.3, -0.25) is 4.90 Å². The van der Waals surface area contributed by atoms with Crippen molar-refractivity contribution in [3.05, 3.63) is 47.7 Å². The molecule has 1 aromatic heterocycles. The molecule has 5 rings (SSSR count). The van der Waals surface area contributed by atoms with Crippen LogP contribution in [0, 0.1) is 0 Å². The van der Waals surface area contributed by atoms with Gasteiger partial charge in [-0.25, -0.2) is 0 Å². The highest BCUT2D eigenvalue weighted by molar-refractivity contribution is 7.99. The number of hydrogen-bond donors (Lipinski definition) is 1. The van der Waals surface area contributed by atoms with Crippen LogP contribution in [-0.4, -0.2) is 40.5 Å². The summed E-state index contributed by atoms with van der Waals surface area (Å²) in [5, 5.41) is 1.41. The first kappa shape index (κ1) is 14.9. The van der Waals surface area contributed by atoms with Crippen LogP contribution in [0.25, 0.3) is 22.0 Å². The van der Waals surface area contributed by atoms with Gasteiger partial charge in [0.25, 0.3) is 0 Å². The van der Waals surface area contributed by atoms with Gasteiger partial charge in [0.2, 0.25) is 0 Å². The van der Waals surface area contributed by atoms with Crippen molar-refractivity contribution in [3.63, 3.8) is 0 Å². The summed E-state index contributed by atoms with van der Waals surface area (Å²) >= 11 is 2.04. The van der Waals surface area contributed by atoms with E-state index in [4.69, 9.17) is 0 Å². The maximum absolute atomic E-state index is 3.50. The van der Waals surface area contributed by atoms with Gasteiger partial charge in [-0.05, 0) is 66.8 Å². The van der Waals surface area contributed by atoms with Gasteiger partial charge >= 0.3 is 0 Å². The topological polar surface area (TPSA) is 19.0 Å². The second-order valence-electron chi connectivity index (χ2n) is 7.20. The summed E-state index contributed by atoms with van der Waals surface area (Å²) in [6.45, 7) is 2.52. The number of aromatic amines is 1. The summed E-state index contributed by atoms with van der Waals surface area (Å²) in [6.07, 6.45) is 12.3. The van der Waals surface area contributed by atoms with Crippen LogP contribution in [0.5, 0.6) is 0 Å². The van der Waals surface area contributed by atoms with E-state index in [1.165, 1.54) is 72.1 Å². The van der Waals surface area contributed by atoms with Gasteiger partial charge in [0.15, 0.2) is 0 Å². The van der Waals surface area contributed by atoms with Crippen LogP contribution in [-0.2, 0) is 0 Å². The second kappa shape index (κ2) is 6.12. The number of thioether (sulfide) groups is 1. The number of fused-ring (bicyclic) bond motifs is 2. The van der Waals surface area contributed by atoms with Crippen molar-refractivity contribution in [2.24, 2.45) is 0 Å². The number of aromatic nitrogens is 1. The zero-order valence-electron chi connectivity index (χ0n) is 14.1. The van der Waals surface area contributed by atoms with Gasteiger partial charge in [0, 0.05) is 41.0 Å². The Bertz CT molecular complexity index is 829. The molecule has 0 radical (unpaired) electrons. The molecule has 1 N–H and O–H groups in total. The van der Waals surface area contributed by atoms with Crippen LogP contribution in [0.1, 0.15) is 36.8 Å². The Hall–Kier alpha value is -1.45. The quantitative estimate of drug-likeness (QED) is 0.837. The van der Waals surface area contributed by atoms with Gasteiger partial charge in [-0.1, -0.05) is 18.2 Å². The summed E-state index contributed by atoms with van der Waals surface area (Å²) in [7, 11) is 0. The van der Waals surface area contributed by atoms with Crippen LogP contribution >= 0.6 is 11.8 Å².